The number of halogens is 2. The number of nitrogens with one attached hydrogen (secondary N) is 2. The second kappa shape index (κ2) is 7.49. The van der Waals surface area contributed by atoms with Crippen LogP contribution in [0.2, 0.25) is 0 Å². The molecule has 26 heavy (non-hydrogen) atoms. The topological polar surface area (TPSA) is 62.4 Å². The number of benzene rings is 2. The molecule has 0 fully saturated rings. The molecule has 0 aliphatic carbocycles. The van der Waals surface area contributed by atoms with Crippen molar-refractivity contribution in [2.75, 3.05) is 12.4 Å². The number of aromatic nitrogens is 1. The summed E-state index contributed by atoms with van der Waals surface area (Å²) < 4.78 is 33.9. The predicted molar refractivity (Wildman–Crippen MR) is 98.4 cm³/mol. The fraction of sp³-hybridized carbons (Fsp3) is 0.111. The number of nitrogens with zero attached hydrogens (tertiary/aromatic N) is 2. The molecule has 0 aliphatic rings. The minimum atomic E-state index is -0.782. The summed E-state index contributed by atoms with van der Waals surface area (Å²) in [7, 11) is 1.56. The number of anilines is 1. The number of methoxy groups -OCH3 is 1. The van der Waals surface area contributed by atoms with Crippen molar-refractivity contribution in [1.82, 2.24) is 3.96 Å². The van der Waals surface area contributed by atoms with Crippen LogP contribution in [0.25, 0.3) is 0 Å². The Balaban J connectivity index is 2.08. The molecule has 0 bridgehead atoms. The lowest BCUT2D eigenvalue weighted by Crippen LogP contribution is -2.28. The molecule has 0 spiro atoms. The van der Waals surface area contributed by atoms with E-state index in [1.54, 1.807) is 37.4 Å². The number of aliphatic imine (C=N–C) groups is 1. The van der Waals surface area contributed by atoms with Crippen LogP contribution in [0.3, 0.4) is 0 Å². The Labute approximate surface area is 152 Å². The third-order valence-corrected chi connectivity index (χ3v) is 4.41. The maximum atomic E-state index is 14.0. The highest BCUT2D eigenvalue weighted by molar-refractivity contribution is 7.07. The SMILES string of the molecule is COc1cccc(NC(=Nc2ccc(F)cc2F)n2sc(C)cc2=N)c1. The Bertz CT molecular complexity index is 1030. The van der Waals surface area contributed by atoms with Crippen molar-refractivity contribution in [3.05, 3.63) is 70.5 Å². The summed E-state index contributed by atoms with van der Waals surface area (Å²) in [6.07, 6.45) is 0. The maximum absolute atomic E-state index is 14.0. The first-order chi connectivity index (χ1) is 12.5. The molecule has 2 N–H and O–H groups in total. The van der Waals surface area contributed by atoms with Gasteiger partial charge in [0.15, 0.2) is 5.82 Å². The smallest absolute Gasteiger partial charge is 0.223 e. The van der Waals surface area contributed by atoms with E-state index in [4.69, 9.17) is 10.1 Å². The third kappa shape index (κ3) is 3.97. The summed E-state index contributed by atoms with van der Waals surface area (Å²) >= 11 is 1.29. The molecule has 0 aliphatic heterocycles. The highest BCUT2D eigenvalue weighted by Gasteiger charge is 2.11. The monoisotopic (exact) mass is 374 g/mol. The summed E-state index contributed by atoms with van der Waals surface area (Å²) in [5.41, 5.74) is 0.822. The average molecular weight is 374 g/mol. The van der Waals surface area contributed by atoms with Crippen LogP contribution < -0.4 is 15.5 Å². The molecule has 0 amide bonds. The van der Waals surface area contributed by atoms with Crippen LogP contribution in [0, 0.1) is 24.0 Å². The molecule has 5 nitrogen and oxygen atoms in total. The lowest BCUT2D eigenvalue weighted by Gasteiger charge is -2.12. The Morgan fingerprint density at radius 1 is 1.19 bits per heavy atom. The highest BCUT2D eigenvalue weighted by atomic mass is 32.1. The van der Waals surface area contributed by atoms with Gasteiger partial charge in [-0.1, -0.05) is 17.6 Å². The quantitative estimate of drug-likeness (QED) is 0.531. The van der Waals surface area contributed by atoms with E-state index in [-0.39, 0.29) is 17.1 Å². The fourth-order valence-corrected chi connectivity index (χ4v) is 3.04. The molecule has 2 aromatic carbocycles. The number of ether oxygens (including phenoxy) is 1. The number of aryl methyl sites for hydroxylation is 1. The standard InChI is InChI=1S/C18H16F2N4OS/c1-11-8-17(21)24(26-11)18(22-13-4-3-5-14(10-13)25-2)23-16-7-6-12(19)9-15(16)20/h3-10,21H,1-2H3,(H,22,23). The van der Waals surface area contributed by atoms with Crippen molar-refractivity contribution < 1.29 is 13.5 Å². The van der Waals surface area contributed by atoms with Crippen LogP contribution in [0.15, 0.2) is 53.5 Å². The maximum Gasteiger partial charge on any atom is 0.223 e. The van der Waals surface area contributed by atoms with E-state index >= 15 is 0 Å². The Kier molecular flexibility index (Phi) is 5.13. The van der Waals surface area contributed by atoms with E-state index in [0.29, 0.717) is 11.4 Å². The molecule has 0 unspecified atom stereocenters. The van der Waals surface area contributed by atoms with Gasteiger partial charge in [0.1, 0.15) is 22.7 Å². The molecule has 1 heterocycles. The Morgan fingerprint density at radius 2 is 2.00 bits per heavy atom. The van der Waals surface area contributed by atoms with Crippen molar-refractivity contribution in [3.63, 3.8) is 0 Å². The normalized spacial score (nSPS) is 11.5. The van der Waals surface area contributed by atoms with E-state index in [0.717, 1.165) is 17.0 Å². The molecule has 3 rings (SSSR count). The molecule has 0 atom stereocenters. The summed E-state index contributed by atoms with van der Waals surface area (Å²) in [6, 6.07) is 12.0. The van der Waals surface area contributed by atoms with Gasteiger partial charge in [-0.2, -0.15) is 0 Å². The van der Waals surface area contributed by atoms with Gasteiger partial charge in [-0.15, -0.1) is 0 Å². The zero-order valence-electron chi connectivity index (χ0n) is 14.1. The number of rotatable bonds is 3. The molecular formula is C18H16F2N4OS. The lowest BCUT2D eigenvalue weighted by atomic mass is 10.3. The van der Waals surface area contributed by atoms with Crippen LogP contribution >= 0.6 is 11.5 Å². The van der Waals surface area contributed by atoms with Gasteiger partial charge in [0.05, 0.1) is 7.11 Å². The van der Waals surface area contributed by atoms with Crippen LogP contribution in [-0.2, 0) is 0 Å². The zero-order chi connectivity index (χ0) is 18.7. The van der Waals surface area contributed by atoms with Crippen molar-refractivity contribution in [3.8, 4) is 5.75 Å². The fourth-order valence-electron chi connectivity index (χ4n) is 2.27. The Morgan fingerprint density at radius 3 is 2.65 bits per heavy atom. The van der Waals surface area contributed by atoms with Gasteiger partial charge in [-0.25, -0.2) is 17.7 Å². The molecule has 3 aromatic rings. The number of hydrogen-bond acceptors (Lipinski definition) is 4. The van der Waals surface area contributed by atoms with Crippen molar-refractivity contribution >= 4 is 28.9 Å². The average Bonchev–Trinajstić information content (AvgIpc) is 2.95. The second-order valence-corrected chi connectivity index (χ2v) is 6.61. The molecule has 1 aromatic heterocycles. The van der Waals surface area contributed by atoms with Crippen LogP contribution in [0.1, 0.15) is 4.88 Å². The van der Waals surface area contributed by atoms with Gasteiger partial charge in [0.2, 0.25) is 5.96 Å². The van der Waals surface area contributed by atoms with Gasteiger partial charge >= 0.3 is 0 Å². The predicted octanol–water partition coefficient (Wildman–Crippen LogP) is 4.27. The highest BCUT2D eigenvalue weighted by Crippen LogP contribution is 2.21. The minimum Gasteiger partial charge on any atom is -0.497 e. The van der Waals surface area contributed by atoms with Crippen molar-refractivity contribution in [2.45, 2.75) is 6.92 Å². The van der Waals surface area contributed by atoms with Gasteiger partial charge in [-0.05, 0) is 37.3 Å². The lowest BCUT2D eigenvalue weighted by molar-refractivity contribution is 0.415. The molecule has 0 radical (unpaired) electrons. The van der Waals surface area contributed by atoms with E-state index in [1.807, 2.05) is 6.92 Å². The molecule has 0 saturated carbocycles. The van der Waals surface area contributed by atoms with E-state index in [2.05, 4.69) is 10.3 Å². The van der Waals surface area contributed by atoms with E-state index < -0.39 is 11.6 Å². The summed E-state index contributed by atoms with van der Waals surface area (Å²) in [4.78, 5) is 5.17. The Hall–Kier alpha value is -3.00. The zero-order valence-corrected chi connectivity index (χ0v) is 14.9. The molecule has 134 valence electrons. The summed E-state index contributed by atoms with van der Waals surface area (Å²) in [5.74, 6) is -0.590. The first-order valence-corrected chi connectivity index (χ1v) is 8.43. The van der Waals surface area contributed by atoms with E-state index in [9.17, 15) is 8.78 Å². The minimum absolute atomic E-state index is 0.0326. The van der Waals surface area contributed by atoms with Gasteiger partial charge < -0.3 is 10.1 Å². The molecular weight excluding hydrogens is 358 g/mol. The summed E-state index contributed by atoms with van der Waals surface area (Å²) in [6.45, 7) is 1.86. The van der Waals surface area contributed by atoms with Crippen LogP contribution in [0.4, 0.5) is 20.2 Å². The van der Waals surface area contributed by atoms with Crippen molar-refractivity contribution in [2.24, 2.45) is 4.99 Å². The molecule has 8 heteroatoms. The largest absolute Gasteiger partial charge is 0.497 e. The van der Waals surface area contributed by atoms with Crippen LogP contribution in [-0.4, -0.2) is 17.0 Å². The first-order valence-electron chi connectivity index (χ1n) is 7.66. The number of hydrogen-bond donors (Lipinski definition) is 2. The van der Waals surface area contributed by atoms with Crippen LogP contribution in [0.5, 0.6) is 5.75 Å². The summed E-state index contributed by atoms with van der Waals surface area (Å²) in [5, 5.41) is 11.2. The first kappa shape index (κ1) is 17.8. The van der Waals surface area contributed by atoms with Gasteiger partial charge in [-0.3, -0.25) is 5.41 Å². The van der Waals surface area contributed by atoms with Gasteiger partial charge in [0, 0.05) is 22.7 Å². The third-order valence-electron chi connectivity index (χ3n) is 3.45. The van der Waals surface area contributed by atoms with E-state index in [1.165, 1.54) is 21.6 Å². The second-order valence-electron chi connectivity index (χ2n) is 5.41. The van der Waals surface area contributed by atoms with Gasteiger partial charge in [0.25, 0.3) is 0 Å². The van der Waals surface area contributed by atoms with Crippen molar-refractivity contribution in [1.29, 1.82) is 5.41 Å². The molecule has 0 saturated heterocycles.